The molecular weight excluding hydrogens is 419 g/mol. The van der Waals surface area contributed by atoms with E-state index in [9.17, 15) is 14.0 Å². The van der Waals surface area contributed by atoms with Crippen LogP contribution in [0.2, 0.25) is 0 Å². The SMILES string of the molecule is C=CCC1(c2ccc(F)cc2)CCN([C@@H](C)c2ccc(C(=O)N3CCCCC3)cc2)C(=O)O1. The van der Waals surface area contributed by atoms with Crippen LogP contribution in [0.3, 0.4) is 0 Å². The molecule has 2 aromatic carbocycles. The number of benzene rings is 2. The largest absolute Gasteiger partial charge is 0.437 e. The maximum Gasteiger partial charge on any atom is 0.411 e. The van der Waals surface area contributed by atoms with Crippen molar-refractivity contribution in [3.05, 3.63) is 83.7 Å². The molecule has 0 aliphatic carbocycles. The number of likely N-dealkylation sites (tertiary alicyclic amines) is 1. The summed E-state index contributed by atoms with van der Waals surface area (Å²) in [5.74, 6) is -0.258. The van der Waals surface area contributed by atoms with E-state index in [1.165, 1.54) is 18.6 Å². The van der Waals surface area contributed by atoms with Gasteiger partial charge >= 0.3 is 6.09 Å². The lowest BCUT2D eigenvalue weighted by Crippen LogP contribution is -2.48. The van der Waals surface area contributed by atoms with Crippen molar-refractivity contribution in [3.63, 3.8) is 0 Å². The number of rotatable bonds is 6. The highest BCUT2D eigenvalue weighted by Gasteiger charge is 2.42. The Bertz CT molecular complexity index is 999. The number of amides is 2. The summed E-state index contributed by atoms with van der Waals surface area (Å²) >= 11 is 0. The van der Waals surface area contributed by atoms with Gasteiger partial charge in [0.1, 0.15) is 11.4 Å². The molecule has 0 radical (unpaired) electrons. The molecule has 0 saturated carbocycles. The Hall–Kier alpha value is -3.15. The van der Waals surface area contributed by atoms with Crippen molar-refractivity contribution in [3.8, 4) is 0 Å². The van der Waals surface area contributed by atoms with Crippen molar-refractivity contribution < 1.29 is 18.7 Å². The summed E-state index contributed by atoms with van der Waals surface area (Å²) in [6.45, 7) is 7.91. The minimum atomic E-state index is -0.840. The summed E-state index contributed by atoms with van der Waals surface area (Å²) in [6.07, 6.45) is 5.65. The first-order valence-corrected chi connectivity index (χ1v) is 11.7. The fourth-order valence-corrected chi connectivity index (χ4v) is 4.84. The summed E-state index contributed by atoms with van der Waals surface area (Å²) in [6, 6.07) is 13.4. The lowest BCUT2D eigenvalue weighted by atomic mass is 9.85. The molecule has 2 heterocycles. The van der Waals surface area contributed by atoms with Crippen LogP contribution in [-0.2, 0) is 10.3 Å². The van der Waals surface area contributed by atoms with Crippen LogP contribution in [0.25, 0.3) is 0 Å². The highest BCUT2D eigenvalue weighted by atomic mass is 19.1. The first-order valence-electron chi connectivity index (χ1n) is 11.7. The summed E-state index contributed by atoms with van der Waals surface area (Å²) < 4.78 is 19.4. The summed E-state index contributed by atoms with van der Waals surface area (Å²) in [5.41, 5.74) is 1.55. The van der Waals surface area contributed by atoms with Gasteiger partial charge in [0.2, 0.25) is 0 Å². The molecule has 1 unspecified atom stereocenters. The Morgan fingerprint density at radius 2 is 1.76 bits per heavy atom. The summed E-state index contributed by atoms with van der Waals surface area (Å²) in [7, 11) is 0. The number of carbonyl (C=O) groups is 2. The van der Waals surface area contributed by atoms with Gasteiger partial charge in [0, 0.05) is 38.0 Å². The van der Waals surface area contributed by atoms with Gasteiger partial charge in [0.25, 0.3) is 5.91 Å². The molecular formula is C27H31FN2O3. The molecule has 2 atom stereocenters. The van der Waals surface area contributed by atoms with E-state index in [-0.39, 0.29) is 17.8 Å². The maximum atomic E-state index is 13.4. The second-order valence-corrected chi connectivity index (χ2v) is 8.96. The van der Waals surface area contributed by atoms with Crippen LogP contribution in [-0.4, -0.2) is 41.4 Å². The number of ether oxygens (including phenoxy) is 1. The van der Waals surface area contributed by atoms with Crippen LogP contribution < -0.4 is 0 Å². The molecule has 0 aromatic heterocycles. The van der Waals surface area contributed by atoms with Crippen molar-refractivity contribution >= 4 is 12.0 Å². The smallest absolute Gasteiger partial charge is 0.411 e. The monoisotopic (exact) mass is 450 g/mol. The molecule has 6 heteroatoms. The Morgan fingerprint density at radius 3 is 2.36 bits per heavy atom. The number of halogens is 1. The van der Waals surface area contributed by atoms with Gasteiger partial charge in [0.15, 0.2) is 0 Å². The predicted molar refractivity (Wildman–Crippen MR) is 125 cm³/mol. The molecule has 33 heavy (non-hydrogen) atoms. The Labute approximate surface area is 194 Å². The quantitative estimate of drug-likeness (QED) is 0.521. The van der Waals surface area contributed by atoms with Crippen LogP contribution in [0.15, 0.2) is 61.2 Å². The summed E-state index contributed by atoms with van der Waals surface area (Å²) in [4.78, 5) is 29.4. The van der Waals surface area contributed by atoms with Crippen molar-refractivity contribution in [2.75, 3.05) is 19.6 Å². The first-order chi connectivity index (χ1) is 15.9. The zero-order valence-corrected chi connectivity index (χ0v) is 19.1. The normalized spacial score (nSPS) is 21.9. The molecule has 2 aliphatic rings. The third-order valence-corrected chi connectivity index (χ3v) is 6.87. The molecule has 2 aliphatic heterocycles. The number of nitrogens with zero attached hydrogens (tertiary/aromatic N) is 2. The minimum Gasteiger partial charge on any atom is -0.437 e. The predicted octanol–water partition coefficient (Wildman–Crippen LogP) is 5.83. The zero-order valence-electron chi connectivity index (χ0n) is 19.1. The van der Waals surface area contributed by atoms with Crippen LogP contribution >= 0.6 is 0 Å². The van der Waals surface area contributed by atoms with Crippen LogP contribution in [0.1, 0.15) is 66.6 Å². The molecule has 4 rings (SSSR count). The van der Waals surface area contributed by atoms with Crippen molar-refractivity contribution in [1.82, 2.24) is 9.80 Å². The van der Waals surface area contributed by atoms with Gasteiger partial charge in [-0.15, -0.1) is 6.58 Å². The topological polar surface area (TPSA) is 49.9 Å². The number of piperidine rings is 1. The van der Waals surface area contributed by atoms with E-state index in [1.807, 2.05) is 36.1 Å². The van der Waals surface area contributed by atoms with E-state index in [0.717, 1.165) is 37.1 Å². The third kappa shape index (κ3) is 4.80. The van der Waals surface area contributed by atoms with Crippen LogP contribution in [0.5, 0.6) is 0 Å². The molecule has 0 bridgehead atoms. The van der Waals surface area contributed by atoms with Crippen molar-refractivity contribution in [1.29, 1.82) is 0 Å². The molecule has 5 nitrogen and oxygen atoms in total. The molecule has 0 N–H and O–H groups in total. The third-order valence-electron chi connectivity index (χ3n) is 6.87. The van der Waals surface area contributed by atoms with Crippen LogP contribution in [0, 0.1) is 5.82 Å². The fourth-order valence-electron chi connectivity index (χ4n) is 4.84. The van der Waals surface area contributed by atoms with Gasteiger partial charge < -0.3 is 14.5 Å². The lowest BCUT2D eigenvalue weighted by molar-refractivity contribution is -0.0588. The molecule has 2 aromatic rings. The minimum absolute atomic E-state index is 0.0693. The number of hydrogen-bond acceptors (Lipinski definition) is 3. The van der Waals surface area contributed by atoms with Gasteiger partial charge in [-0.2, -0.15) is 0 Å². The standard InChI is InChI=1S/C27H31FN2O3/c1-3-15-27(23-11-13-24(28)14-12-23)16-19-30(26(32)33-27)20(2)21-7-9-22(10-8-21)25(31)29-17-5-4-6-18-29/h3,7-14,20H,1,4-6,15-19H2,2H3/t20-,27?/m0/s1. The van der Waals surface area contributed by atoms with E-state index in [4.69, 9.17) is 4.74 Å². The van der Waals surface area contributed by atoms with E-state index in [0.29, 0.717) is 24.9 Å². The second kappa shape index (κ2) is 9.77. The first kappa shape index (κ1) is 23.0. The highest BCUT2D eigenvalue weighted by Crippen LogP contribution is 2.40. The number of cyclic esters (lactones) is 1. The van der Waals surface area contributed by atoms with E-state index in [2.05, 4.69) is 6.58 Å². The van der Waals surface area contributed by atoms with Crippen molar-refractivity contribution in [2.24, 2.45) is 0 Å². The zero-order chi connectivity index (χ0) is 23.4. The van der Waals surface area contributed by atoms with Gasteiger partial charge in [-0.25, -0.2) is 9.18 Å². The Morgan fingerprint density at radius 1 is 1.09 bits per heavy atom. The van der Waals surface area contributed by atoms with E-state index in [1.54, 1.807) is 23.1 Å². The Kier molecular flexibility index (Phi) is 6.82. The van der Waals surface area contributed by atoms with E-state index < -0.39 is 11.7 Å². The number of hydrogen-bond donors (Lipinski definition) is 0. The van der Waals surface area contributed by atoms with Crippen molar-refractivity contribution in [2.45, 2.75) is 50.7 Å². The fraction of sp³-hybridized carbons (Fsp3) is 0.407. The molecule has 2 saturated heterocycles. The molecule has 2 fully saturated rings. The highest BCUT2D eigenvalue weighted by molar-refractivity contribution is 5.94. The van der Waals surface area contributed by atoms with Gasteiger partial charge in [0.05, 0.1) is 6.04 Å². The maximum absolute atomic E-state index is 13.4. The average molecular weight is 451 g/mol. The molecule has 0 spiro atoms. The Balaban J connectivity index is 1.46. The second-order valence-electron chi connectivity index (χ2n) is 8.96. The van der Waals surface area contributed by atoms with E-state index >= 15 is 0 Å². The average Bonchev–Trinajstić information content (AvgIpc) is 2.84. The lowest BCUT2D eigenvalue weighted by Gasteiger charge is -2.43. The molecule has 2 amide bonds. The van der Waals surface area contributed by atoms with Gasteiger partial charge in [-0.05, 0) is 61.6 Å². The summed E-state index contributed by atoms with van der Waals surface area (Å²) in [5, 5.41) is 0. The number of carbonyl (C=O) groups excluding carboxylic acids is 2. The molecule has 174 valence electrons. The van der Waals surface area contributed by atoms with Crippen LogP contribution in [0.4, 0.5) is 9.18 Å². The van der Waals surface area contributed by atoms with Gasteiger partial charge in [-0.3, -0.25) is 4.79 Å². The van der Waals surface area contributed by atoms with Gasteiger partial charge in [-0.1, -0.05) is 30.3 Å².